The number of halogens is 3. The Balaban J connectivity index is 1.54. The zero-order valence-corrected chi connectivity index (χ0v) is 17.4. The summed E-state index contributed by atoms with van der Waals surface area (Å²) in [5, 5.41) is 3.73. The van der Waals surface area contributed by atoms with Gasteiger partial charge >= 0.3 is 0 Å². The minimum absolute atomic E-state index is 0.0636. The zero-order chi connectivity index (χ0) is 20.6. The first kappa shape index (κ1) is 20.8. The van der Waals surface area contributed by atoms with Crippen molar-refractivity contribution >= 4 is 34.4 Å². The number of likely N-dealkylation sites (tertiary alicyclic amines) is 1. The first-order valence-electron chi connectivity index (χ1n) is 9.90. The molecule has 4 nitrogen and oxygen atoms in total. The Morgan fingerprint density at radius 1 is 1.24 bits per heavy atom. The number of benzene rings is 1. The second-order valence-corrected chi connectivity index (χ2v) is 9.58. The Labute approximate surface area is 178 Å². The van der Waals surface area contributed by atoms with E-state index in [0.29, 0.717) is 23.7 Å². The number of rotatable bonds is 4. The summed E-state index contributed by atoms with van der Waals surface area (Å²) in [5.74, 6) is -2.85. The van der Waals surface area contributed by atoms with E-state index in [0.717, 1.165) is 12.0 Å². The highest BCUT2D eigenvalue weighted by Crippen LogP contribution is 2.39. The van der Waals surface area contributed by atoms with E-state index in [1.165, 1.54) is 11.8 Å². The van der Waals surface area contributed by atoms with Gasteiger partial charge in [0.1, 0.15) is 6.04 Å². The molecule has 2 fully saturated rings. The third kappa shape index (κ3) is 4.67. The van der Waals surface area contributed by atoms with Gasteiger partial charge in [-0.15, -0.1) is 0 Å². The molecule has 0 radical (unpaired) electrons. The molecule has 1 amide bonds. The molecule has 1 saturated carbocycles. The van der Waals surface area contributed by atoms with Crippen LogP contribution in [0.1, 0.15) is 43.7 Å². The van der Waals surface area contributed by atoms with Crippen molar-refractivity contribution in [1.82, 2.24) is 10.2 Å². The summed E-state index contributed by atoms with van der Waals surface area (Å²) >= 11 is 7.76. The third-order valence-corrected chi connectivity index (χ3v) is 7.43. The Bertz CT molecular complexity index is 838. The predicted molar refractivity (Wildman–Crippen MR) is 110 cm³/mol. The van der Waals surface area contributed by atoms with Gasteiger partial charge in [-0.25, -0.2) is 8.78 Å². The summed E-state index contributed by atoms with van der Waals surface area (Å²) in [5.41, 5.74) is 1.73. The van der Waals surface area contributed by atoms with Crippen LogP contribution in [0.4, 0.5) is 8.78 Å². The van der Waals surface area contributed by atoms with Crippen molar-refractivity contribution in [1.29, 1.82) is 0 Å². The Morgan fingerprint density at radius 3 is 2.69 bits per heavy atom. The van der Waals surface area contributed by atoms with Crippen molar-refractivity contribution in [3.8, 4) is 0 Å². The van der Waals surface area contributed by atoms with Crippen LogP contribution >= 0.6 is 23.4 Å². The Hall–Kier alpha value is -1.44. The molecular weight excluding hydrogens is 418 g/mol. The molecule has 0 aromatic heterocycles. The molecular formula is C21H23ClF2N2O2S. The fourth-order valence-electron chi connectivity index (χ4n) is 4.37. The predicted octanol–water partition coefficient (Wildman–Crippen LogP) is 4.35. The van der Waals surface area contributed by atoms with E-state index in [4.69, 9.17) is 11.6 Å². The minimum Gasteiger partial charge on any atom is -0.352 e. The zero-order valence-electron chi connectivity index (χ0n) is 15.9. The van der Waals surface area contributed by atoms with E-state index in [9.17, 15) is 18.4 Å². The Kier molecular flexibility index (Phi) is 6.00. The minimum atomic E-state index is -2.63. The van der Waals surface area contributed by atoms with Crippen LogP contribution in [0, 0.1) is 0 Å². The SMILES string of the molecule is O=C1C=C2CN(C(C(=O)NC3CCC(F)(F)CC3)c3ccccc3Cl)CCC2S1. The number of thioether (sulfide) groups is 1. The molecule has 2 atom stereocenters. The van der Waals surface area contributed by atoms with Gasteiger partial charge in [-0.05, 0) is 42.5 Å². The van der Waals surface area contributed by atoms with Crippen molar-refractivity contribution in [2.45, 2.75) is 55.4 Å². The van der Waals surface area contributed by atoms with Gasteiger partial charge in [0.15, 0.2) is 0 Å². The van der Waals surface area contributed by atoms with E-state index in [1.54, 1.807) is 12.1 Å². The molecule has 1 N–H and O–H groups in total. The molecule has 1 aliphatic carbocycles. The summed E-state index contributed by atoms with van der Waals surface area (Å²) in [4.78, 5) is 27.1. The first-order chi connectivity index (χ1) is 13.8. The molecule has 2 aliphatic heterocycles. The van der Waals surface area contributed by atoms with Crippen LogP contribution in [0.2, 0.25) is 5.02 Å². The molecule has 156 valence electrons. The summed E-state index contributed by atoms with van der Waals surface area (Å²) < 4.78 is 26.9. The lowest BCUT2D eigenvalue weighted by Gasteiger charge is -2.38. The van der Waals surface area contributed by atoms with Gasteiger partial charge in [-0.1, -0.05) is 41.6 Å². The van der Waals surface area contributed by atoms with Gasteiger partial charge in [0.25, 0.3) is 0 Å². The smallest absolute Gasteiger partial charge is 0.248 e. The maximum absolute atomic E-state index is 13.5. The standard InChI is InChI=1S/C21H23ClF2N2O2S/c22-16-4-2-1-3-15(16)19(20(28)25-14-5-8-21(23,24)9-6-14)26-10-7-17-13(12-26)11-18(27)29-17/h1-4,11,14,17,19H,5-10,12H2,(H,25,28). The molecule has 2 unspecified atom stereocenters. The van der Waals surface area contributed by atoms with E-state index >= 15 is 0 Å². The lowest BCUT2D eigenvalue weighted by Crippen LogP contribution is -2.49. The van der Waals surface area contributed by atoms with Crippen molar-refractivity contribution < 1.29 is 18.4 Å². The quantitative estimate of drug-likeness (QED) is 0.756. The molecule has 2 heterocycles. The van der Waals surface area contributed by atoms with E-state index < -0.39 is 12.0 Å². The number of amides is 1. The molecule has 8 heteroatoms. The summed E-state index contributed by atoms with van der Waals surface area (Å²) in [7, 11) is 0. The molecule has 0 spiro atoms. The number of carbonyl (C=O) groups excluding carboxylic acids is 2. The van der Waals surface area contributed by atoms with E-state index in [-0.39, 0.29) is 48.0 Å². The van der Waals surface area contributed by atoms with Crippen molar-refractivity contribution in [2.75, 3.05) is 13.1 Å². The van der Waals surface area contributed by atoms with Crippen LogP contribution in [0.25, 0.3) is 0 Å². The monoisotopic (exact) mass is 440 g/mol. The van der Waals surface area contributed by atoms with Gasteiger partial charge in [0, 0.05) is 42.2 Å². The highest BCUT2D eigenvalue weighted by molar-refractivity contribution is 8.15. The molecule has 3 aliphatic rings. The van der Waals surface area contributed by atoms with Gasteiger partial charge in [-0.3, -0.25) is 14.5 Å². The molecule has 1 saturated heterocycles. The fraction of sp³-hybridized carbons (Fsp3) is 0.524. The first-order valence-corrected chi connectivity index (χ1v) is 11.2. The molecule has 1 aromatic carbocycles. The number of hydrogen-bond donors (Lipinski definition) is 1. The van der Waals surface area contributed by atoms with Crippen LogP contribution in [-0.4, -0.2) is 46.2 Å². The second kappa shape index (κ2) is 8.36. The third-order valence-electron chi connectivity index (χ3n) is 5.92. The van der Waals surface area contributed by atoms with Crippen molar-refractivity contribution in [3.63, 3.8) is 0 Å². The largest absolute Gasteiger partial charge is 0.352 e. The van der Waals surface area contributed by atoms with Crippen LogP contribution in [0.15, 0.2) is 35.9 Å². The lowest BCUT2D eigenvalue weighted by molar-refractivity contribution is -0.128. The average molecular weight is 441 g/mol. The van der Waals surface area contributed by atoms with Gasteiger partial charge in [-0.2, -0.15) is 0 Å². The molecule has 1 aromatic rings. The van der Waals surface area contributed by atoms with Gasteiger partial charge in [0.2, 0.25) is 16.9 Å². The number of carbonyl (C=O) groups is 2. The highest BCUT2D eigenvalue weighted by Gasteiger charge is 2.39. The number of nitrogens with zero attached hydrogens (tertiary/aromatic N) is 1. The number of piperidine rings is 1. The average Bonchev–Trinajstić information content (AvgIpc) is 3.05. The maximum Gasteiger partial charge on any atom is 0.248 e. The van der Waals surface area contributed by atoms with Crippen LogP contribution in [0.3, 0.4) is 0 Å². The molecule has 29 heavy (non-hydrogen) atoms. The summed E-state index contributed by atoms with van der Waals surface area (Å²) in [6.07, 6.45) is 2.59. The van der Waals surface area contributed by atoms with Crippen LogP contribution in [0.5, 0.6) is 0 Å². The Morgan fingerprint density at radius 2 is 1.97 bits per heavy atom. The lowest BCUT2D eigenvalue weighted by atomic mass is 9.91. The molecule has 0 bridgehead atoms. The van der Waals surface area contributed by atoms with E-state index in [2.05, 4.69) is 5.32 Å². The van der Waals surface area contributed by atoms with E-state index in [1.807, 2.05) is 23.1 Å². The molecule has 4 rings (SSSR count). The summed E-state index contributed by atoms with van der Waals surface area (Å²) in [6.45, 7) is 1.18. The normalized spacial score (nSPS) is 26.0. The number of fused-ring (bicyclic) bond motifs is 1. The fourth-order valence-corrected chi connectivity index (χ4v) is 5.62. The van der Waals surface area contributed by atoms with Crippen LogP contribution < -0.4 is 5.32 Å². The number of nitrogens with one attached hydrogen (secondary N) is 1. The van der Waals surface area contributed by atoms with Crippen LogP contribution in [-0.2, 0) is 9.59 Å². The second-order valence-electron chi connectivity index (χ2n) is 7.97. The van der Waals surface area contributed by atoms with Gasteiger partial charge in [0.05, 0.1) is 0 Å². The maximum atomic E-state index is 13.5. The number of hydrogen-bond acceptors (Lipinski definition) is 4. The van der Waals surface area contributed by atoms with Crippen molar-refractivity contribution in [3.05, 3.63) is 46.5 Å². The highest BCUT2D eigenvalue weighted by atomic mass is 35.5. The topological polar surface area (TPSA) is 49.4 Å². The summed E-state index contributed by atoms with van der Waals surface area (Å²) in [6, 6.07) is 6.35. The number of alkyl halides is 2. The van der Waals surface area contributed by atoms with Crippen molar-refractivity contribution in [2.24, 2.45) is 0 Å². The van der Waals surface area contributed by atoms with Gasteiger partial charge < -0.3 is 5.32 Å².